The van der Waals surface area contributed by atoms with Gasteiger partial charge in [-0.05, 0) is 6.07 Å². The number of nitrogens with zero attached hydrogens (tertiary/aromatic N) is 3. The molecule has 5 heteroatoms. The van der Waals surface area contributed by atoms with E-state index in [4.69, 9.17) is 0 Å². The van der Waals surface area contributed by atoms with Crippen molar-refractivity contribution < 1.29 is 4.79 Å². The van der Waals surface area contributed by atoms with Crippen LogP contribution in [0, 0.1) is 0 Å². The van der Waals surface area contributed by atoms with Crippen molar-refractivity contribution in [1.29, 1.82) is 0 Å². The van der Waals surface area contributed by atoms with Crippen molar-refractivity contribution in [1.82, 2.24) is 15.3 Å². The van der Waals surface area contributed by atoms with E-state index in [0.29, 0.717) is 11.5 Å². The Labute approximate surface area is 68.6 Å². The first-order valence-corrected chi connectivity index (χ1v) is 3.47. The lowest BCUT2D eigenvalue weighted by atomic mass is 10.4. The molecule has 2 heterocycles. The van der Waals surface area contributed by atoms with Gasteiger partial charge in [0.2, 0.25) is 5.91 Å². The number of carbonyl (C=O) groups is 1. The van der Waals surface area contributed by atoms with Crippen molar-refractivity contribution in [2.45, 2.75) is 0 Å². The first-order chi connectivity index (χ1) is 5.86. The molecule has 60 valence electrons. The molecule has 0 unspecified atom stereocenters. The minimum absolute atomic E-state index is 0.0939. The summed E-state index contributed by atoms with van der Waals surface area (Å²) in [5.41, 5.74) is 0.649. The highest BCUT2D eigenvalue weighted by Gasteiger charge is 2.14. The Morgan fingerprint density at radius 1 is 1.50 bits per heavy atom. The summed E-state index contributed by atoms with van der Waals surface area (Å²) in [6.45, 7) is 0.194. The van der Waals surface area contributed by atoms with Crippen LogP contribution in [-0.4, -0.2) is 28.3 Å². The van der Waals surface area contributed by atoms with Gasteiger partial charge in [-0.25, -0.2) is 9.97 Å². The van der Waals surface area contributed by atoms with Gasteiger partial charge < -0.3 is 5.32 Å². The van der Waals surface area contributed by atoms with Crippen molar-refractivity contribution in [3.63, 3.8) is 0 Å². The normalized spacial score (nSPS) is 15.7. The zero-order valence-corrected chi connectivity index (χ0v) is 6.19. The second-order valence-electron chi connectivity index (χ2n) is 2.31. The van der Waals surface area contributed by atoms with Gasteiger partial charge in [0.05, 0.1) is 0 Å². The molecule has 0 saturated carbocycles. The molecule has 0 fully saturated rings. The Bertz CT molecular complexity index is 333. The Morgan fingerprint density at radius 3 is 3.00 bits per heavy atom. The Kier molecular flexibility index (Phi) is 1.55. The number of aromatic nitrogens is 2. The van der Waals surface area contributed by atoms with Gasteiger partial charge in [0.25, 0.3) is 0 Å². The molecule has 1 amide bonds. The van der Waals surface area contributed by atoms with E-state index in [2.05, 4.69) is 20.3 Å². The topological polar surface area (TPSA) is 67.2 Å². The molecule has 5 nitrogen and oxygen atoms in total. The van der Waals surface area contributed by atoms with Crippen LogP contribution in [0.4, 0.5) is 0 Å². The third-order valence-corrected chi connectivity index (χ3v) is 1.46. The molecule has 0 spiro atoms. The first-order valence-electron chi connectivity index (χ1n) is 3.47. The van der Waals surface area contributed by atoms with Crippen molar-refractivity contribution >= 4 is 11.7 Å². The molecule has 12 heavy (non-hydrogen) atoms. The second kappa shape index (κ2) is 2.69. The van der Waals surface area contributed by atoms with Crippen molar-refractivity contribution in [2.75, 3.05) is 6.54 Å². The molecule has 1 aliphatic rings. The van der Waals surface area contributed by atoms with Gasteiger partial charge in [0, 0.05) is 6.20 Å². The maximum atomic E-state index is 10.8. The maximum Gasteiger partial charge on any atom is 0.247 e. The molecule has 0 radical (unpaired) electrons. The van der Waals surface area contributed by atoms with E-state index in [0.717, 1.165) is 0 Å². The van der Waals surface area contributed by atoms with Crippen LogP contribution in [0.2, 0.25) is 0 Å². The molecule has 1 aromatic rings. The Balaban J connectivity index is 2.28. The lowest BCUT2D eigenvalue weighted by Crippen LogP contribution is -2.25. The van der Waals surface area contributed by atoms with Gasteiger partial charge >= 0.3 is 0 Å². The summed E-state index contributed by atoms with van der Waals surface area (Å²) in [7, 11) is 0. The van der Waals surface area contributed by atoms with Crippen LogP contribution in [-0.2, 0) is 4.79 Å². The number of carbonyl (C=O) groups excluding carboxylic acids is 1. The number of aliphatic imine (C=N–C) groups is 1. The van der Waals surface area contributed by atoms with Gasteiger partial charge in [0.15, 0.2) is 5.84 Å². The SMILES string of the molecule is O=C1CN=C(c2ccncn2)N1. The minimum atomic E-state index is -0.0939. The molecule has 1 N–H and O–H groups in total. The van der Waals surface area contributed by atoms with Crippen LogP contribution in [0.25, 0.3) is 0 Å². The molecule has 0 aliphatic carbocycles. The van der Waals surface area contributed by atoms with Crippen LogP contribution in [0.3, 0.4) is 0 Å². The van der Waals surface area contributed by atoms with Crippen molar-refractivity contribution in [3.8, 4) is 0 Å². The molecule has 1 aromatic heterocycles. The molecular weight excluding hydrogens is 156 g/mol. The standard InChI is InChI=1S/C7H6N4O/c12-6-3-9-7(11-6)5-1-2-8-4-10-5/h1-2,4H,3H2,(H,9,11,12). The highest BCUT2D eigenvalue weighted by molar-refractivity contribution is 6.11. The lowest BCUT2D eigenvalue weighted by molar-refractivity contribution is -0.117. The fourth-order valence-electron chi connectivity index (χ4n) is 0.938. The molecule has 0 saturated heterocycles. The summed E-state index contributed by atoms with van der Waals surface area (Å²) in [6.07, 6.45) is 3.03. The number of hydrogen-bond donors (Lipinski definition) is 1. The average molecular weight is 162 g/mol. The van der Waals surface area contributed by atoms with Crippen LogP contribution in [0.1, 0.15) is 5.69 Å². The largest absolute Gasteiger partial charge is 0.308 e. The number of rotatable bonds is 1. The quantitative estimate of drug-likeness (QED) is 0.596. The monoisotopic (exact) mass is 162 g/mol. The van der Waals surface area contributed by atoms with Crippen LogP contribution >= 0.6 is 0 Å². The molecule has 0 bridgehead atoms. The molecule has 2 rings (SSSR count). The zero-order chi connectivity index (χ0) is 8.39. The molecular formula is C7H6N4O. The van der Waals surface area contributed by atoms with Gasteiger partial charge in [-0.15, -0.1) is 0 Å². The summed E-state index contributed by atoms with van der Waals surface area (Å²) in [6, 6.07) is 1.70. The predicted molar refractivity (Wildman–Crippen MR) is 41.6 cm³/mol. The Morgan fingerprint density at radius 2 is 2.42 bits per heavy atom. The number of amides is 1. The van der Waals surface area contributed by atoms with E-state index in [-0.39, 0.29) is 12.5 Å². The maximum absolute atomic E-state index is 10.8. The third kappa shape index (κ3) is 1.16. The summed E-state index contributed by atoms with van der Waals surface area (Å²) in [5, 5.41) is 2.59. The minimum Gasteiger partial charge on any atom is -0.308 e. The van der Waals surface area contributed by atoms with Gasteiger partial charge in [0.1, 0.15) is 18.6 Å². The van der Waals surface area contributed by atoms with Gasteiger partial charge in [-0.1, -0.05) is 0 Å². The first kappa shape index (κ1) is 6.90. The Hall–Kier alpha value is -1.78. The van der Waals surface area contributed by atoms with E-state index < -0.39 is 0 Å². The van der Waals surface area contributed by atoms with E-state index >= 15 is 0 Å². The van der Waals surface area contributed by atoms with Crippen molar-refractivity contribution in [2.24, 2.45) is 4.99 Å². The lowest BCUT2D eigenvalue weighted by Gasteiger charge is -1.97. The number of hydrogen-bond acceptors (Lipinski definition) is 4. The van der Waals surface area contributed by atoms with Crippen molar-refractivity contribution in [3.05, 3.63) is 24.3 Å². The van der Waals surface area contributed by atoms with Crippen LogP contribution in [0.15, 0.2) is 23.6 Å². The summed E-state index contributed by atoms with van der Waals surface area (Å²) in [4.78, 5) is 22.4. The smallest absolute Gasteiger partial charge is 0.247 e. The van der Waals surface area contributed by atoms with Crippen LogP contribution < -0.4 is 5.32 Å². The average Bonchev–Trinajstić information content (AvgIpc) is 2.54. The van der Waals surface area contributed by atoms with Gasteiger partial charge in [-0.3, -0.25) is 9.79 Å². The highest BCUT2D eigenvalue weighted by Crippen LogP contribution is 1.97. The molecule has 0 atom stereocenters. The summed E-state index contributed by atoms with van der Waals surface area (Å²) >= 11 is 0. The third-order valence-electron chi connectivity index (χ3n) is 1.46. The fraction of sp³-hybridized carbons (Fsp3) is 0.143. The van der Waals surface area contributed by atoms with E-state index in [9.17, 15) is 4.79 Å². The molecule has 1 aliphatic heterocycles. The number of nitrogens with one attached hydrogen (secondary N) is 1. The summed E-state index contributed by atoms with van der Waals surface area (Å²) in [5.74, 6) is 0.436. The predicted octanol–water partition coefficient (Wildman–Crippen LogP) is -0.647. The van der Waals surface area contributed by atoms with E-state index in [1.807, 2.05) is 0 Å². The number of amidine groups is 1. The fourth-order valence-corrected chi connectivity index (χ4v) is 0.938. The van der Waals surface area contributed by atoms with E-state index in [1.54, 1.807) is 12.3 Å². The van der Waals surface area contributed by atoms with E-state index in [1.165, 1.54) is 6.33 Å². The molecule has 0 aromatic carbocycles. The second-order valence-corrected chi connectivity index (χ2v) is 2.31. The zero-order valence-electron chi connectivity index (χ0n) is 6.19. The highest BCUT2D eigenvalue weighted by atomic mass is 16.2. The summed E-state index contributed by atoms with van der Waals surface area (Å²) < 4.78 is 0. The van der Waals surface area contributed by atoms with Crippen LogP contribution in [0.5, 0.6) is 0 Å². The van der Waals surface area contributed by atoms with Gasteiger partial charge in [-0.2, -0.15) is 0 Å².